The summed E-state index contributed by atoms with van der Waals surface area (Å²) in [5.74, 6) is 0.106. The van der Waals surface area contributed by atoms with Crippen LogP contribution in [-0.4, -0.2) is 81.1 Å². The van der Waals surface area contributed by atoms with Crippen LogP contribution < -0.4 is 16.2 Å². The first kappa shape index (κ1) is 31.0. The fourth-order valence-electron chi connectivity index (χ4n) is 5.35. The number of carbonyl (C=O) groups excluding carboxylic acids is 2. The summed E-state index contributed by atoms with van der Waals surface area (Å²) in [6, 6.07) is 7.64. The summed E-state index contributed by atoms with van der Waals surface area (Å²) in [7, 11) is 1.37. The average molecular weight is 582 g/mol. The minimum Gasteiger partial charge on any atom is -0.469 e. The summed E-state index contributed by atoms with van der Waals surface area (Å²) in [5.41, 5.74) is 8.55. The van der Waals surface area contributed by atoms with E-state index in [1.807, 2.05) is 29.2 Å². The Morgan fingerprint density at radius 2 is 1.88 bits per heavy atom. The molecule has 12 heteroatoms. The number of hydrogen-bond acceptors (Lipinski definition) is 9. The second-order valence-electron chi connectivity index (χ2n) is 11.0. The third kappa shape index (κ3) is 7.47. The van der Waals surface area contributed by atoms with Crippen LogP contribution in [0.3, 0.4) is 0 Å². The van der Waals surface area contributed by atoms with Crippen molar-refractivity contribution in [3.63, 3.8) is 0 Å². The Morgan fingerprint density at radius 3 is 2.57 bits per heavy atom. The molecule has 12 nitrogen and oxygen atoms in total. The lowest BCUT2D eigenvalue weighted by Gasteiger charge is -2.38. The summed E-state index contributed by atoms with van der Waals surface area (Å²) in [6.07, 6.45) is 3.71. The number of anilines is 1. The fraction of sp³-hybridized carbons (Fsp3) is 0.567. The molecule has 0 bridgehead atoms. The van der Waals surface area contributed by atoms with Crippen molar-refractivity contribution in [3.8, 4) is 6.01 Å². The molecule has 0 saturated carbocycles. The lowest BCUT2D eigenvalue weighted by molar-refractivity contribution is -0.139. The van der Waals surface area contributed by atoms with Crippen molar-refractivity contribution in [1.29, 1.82) is 0 Å². The van der Waals surface area contributed by atoms with Crippen LogP contribution in [-0.2, 0) is 27.3 Å². The molecule has 2 aromatic heterocycles. The highest BCUT2D eigenvalue weighted by atomic mass is 16.5. The van der Waals surface area contributed by atoms with Crippen LogP contribution in [0.4, 0.5) is 5.82 Å². The number of unbranched alkanes of at least 4 members (excludes halogenated alkanes) is 1. The highest BCUT2D eigenvalue weighted by molar-refractivity contribution is 5.82. The maximum absolute atomic E-state index is 13.5. The first-order valence-electron chi connectivity index (χ1n) is 14.8. The van der Waals surface area contributed by atoms with Gasteiger partial charge in [0, 0.05) is 19.6 Å². The molecule has 228 valence electrons. The van der Waals surface area contributed by atoms with Crippen LogP contribution in [0, 0.1) is 5.92 Å². The molecule has 1 aliphatic heterocycles. The Balaban J connectivity index is 1.48. The molecule has 0 aliphatic carbocycles. The second-order valence-corrected chi connectivity index (χ2v) is 11.0. The number of amides is 1. The Kier molecular flexibility index (Phi) is 10.6. The average Bonchev–Trinajstić information content (AvgIpc) is 3.31. The highest BCUT2D eigenvalue weighted by Crippen LogP contribution is 2.30. The molecule has 1 aromatic carbocycles. The predicted octanol–water partition coefficient (Wildman–Crippen LogP) is 2.92. The van der Waals surface area contributed by atoms with Gasteiger partial charge >= 0.3 is 17.7 Å². The van der Waals surface area contributed by atoms with E-state index in [0.29, 0.717) is 37.4 Å². The van der Waals surface area contributed by atoms with E-state index >= 15 is 0 Å². The fourth-order valence-corrected chi connectivity index (χ4v) is 5.35. The number of esters is 1. The number of nitrogens with two attached hydrogens (primary N) is 1. The zero-order chi connectivity index (χ0) is 30.2. The molecule has 0 spiro atoms. The normalized spacial score (nSPS) is 17.3. The number of piperidine rings is 1. The maximum atomic E-state index is 13.5. The van der Waals surface area contributed by atoms with Gasteiger partial charge in [-0.25, -0.2) is 4.79 Å². The predicted molar refractivity (Wildman–Crippen MR) is 160 cm³/mol. The molecule has 2 unspecified atom stereocenters. The van der Waals surface area contributed by atoms with Gasteiger partial charge < -0.3 is 25.1 Å². The van der Waals surface area contributed by atoms with E-state index in [1.54, 1.807) is 4.57 Å². The number of fused-ring (bicyclic) bond motifs is 1. The third-order valence-corrected chi connectivity index (χ3v) is 7.82. The van der Waals surface area contributed by atoms with Crippen LogP contribution in [0.25, 0.3) is 11.2 Å². The van der Waals surface area contributed by atoms with E-state index in [0.717, 1.165) is 43.4 Å². The molecular weight excluding hydrogens is 538 g/mol. The van der Waals surface area contributed by atoms with Gasteiger partial charge in [0.15, 0.2) is 11.5 Å². The minimum absolute atomic E-state index is 0.0354. The maximum Gasteiger partial charge on any atom is 0.328 e. The van der Waals surface area contributed by atoms with Crippen LogP contribution in [0.15, 0.2) is 29.1 Å². The molecule has 42 heavy (non-hydrogen) atoms. The van der Waals surface area contributed by atoms with Gasteiger partial charge in [0.1, 0.15) is 5.52 Å². The quantitative estimate of drug-likeness (QED) is 0.230. The first-order chi connectivity index (χ1) is 20.2. The summed E-state index contributed by atoms with van der Waals surface area (Å²) in [5, 5.41) is 0. The van der Waals surface area contributed by atoms with E-state index in [-0.39, 0.29) is 54.3 Å². The second kappa shape index (κ2) is 14.3. The molecule has 1 fully saturated rings. The number of ether oxygens (including phenoxy) is 2. The van der Waals surface area contributed by atoms with Crippen molar-refractivity contribution in [2.45, 2.75) is 65.5 Å². The van der Waals surface area contributed by atoms with Crippen molar-refractivity contribution in [2.24, 2.45) is 5.92 Å². The Hall–Kier alpha value is -3.93. The number of nitrogens with zero attached hydrogens (tertiary/aromatic N) is 5. The number of hydrogen-bond donors (Lipinski definition) is 2. The Labute approximate surface area is 246 Å². The van der Waals surface area contributed by atoms with E-state index in [1.165, 1.54) is 7.11 Å². The molecule has 1 saturated heterocycles. The van der Waals surface area contributed by atoms with Gasteiger partial charge in [-0.15, -0.1) is 0 Å². The number of nitrogen functional groups attached to an aromatic ring is 1. The molecule has 1 amide bonds. The molecule has 3 aromatic rings. The van der Waals surface area contributed by atoms with E-state index in [9.17, 15) is 14.4 Å². The van der Waals surface area contributed by atoms with E-state index in [4.69, 9.17) is 15.2 Å². The zero-order valence-electron chi connectivity index (χ0n) is 25.1. The Morgan fingerprint density at radius 1 is 1.14 bits per heavy atom. The van der Waals surface area contributed by atoms with Crippen molar-refractivity contribution < 1.29 is 19.1 Å². The number of benzene rings is 1. The van der Waals surface area contributed by atoms with Crippen LogP contribution in [0.5, 0.6) is 6.01 Å². The van der Waals surface area contributed by atoms with Crippen molar-refractivity contribution in [3.05, 3.63) is 45.9 Å². The van der Waals surface area contributed by atoms with E-state index in [2.05, 4.69) is 40.6 Å². The van der Waals surface area contributed by atoms with Crippen LogP contribution in [0.2, 0.25) is 0 Å². The van der Waals surface area contributed by atoms with Gasteiger partial charge in [-0.1, -0.05) is 51.5 Å². The lowest BCUT2D eigenvalue weighted by Crippen LogP contribution is -2.47. The van der Waals surface area contributed by atoms with Gasteiger partial charge in [0.25, 0.3) is 0 Å². The number of methoxy groups -OCH3 is 1. The largest absolute Gasteiger partial charge is 0.469 e. The summed E-state index contributed by atoms with van der Waals surface area (Å²) in [4.78, 5) is 53.8. The molecular formula is C30H43N7O5. The smallest absolute Gasteiger partial charge is 0.328 e. The SMILES string of the molecule is CCCCOc1nc(N)c2[nH]c(=O)n(C3CN(CC(=O)N(CCC)Cc4ccc(CC(=O)OC)cc4)CCC3C)c2n1. The van der Waals surface area contributed by atoms with Crippen LogP contribution >= 0.6 is 0 Å². The number of nitrogens with one attached hydrogen (secondary N) is 1. The Bertz CT molecular complexity index is 1420. The van der Waals surface area contributed by atoms with Gasteiger partial charge in [-0.2, -0.15) is 9.97 Å². The molecule has 3 heterocycles. The minimum atomic E-state index is -0.301. The number of aromatic amines is 1. The van der Waals surface area contributed by atoms with Crippen molar-refractivity contribution in [2.75, 3.05) is 45.6 Å². The topological polar surface area (TPSA) is 149 Å². The number of imidazole rings is 1. The molecule has 4 rings (SSSR count). The molecule has 1 aliphatic rings. The monoisotopic (exact) mass is 581 g/mol. The first-order valence-corrected chi connectivity index (χ1v) is 14.8. The lowest BCUT2D eigenvalue weighted by atomic mass is 9.93. The number of likely N-dealkylation sites (tertiary alicyclic amines) is 1. The summed E-state index contributed by atoms with van der Waals surface area (Å²) >= 11 is 0. The van der Waals surface area contributed by atoms with Crippen molar-refractivity contribution >= 4 is 28.9 Å². The van der Waals surface area contributed by atoms with Crippen LogP contribution in [0.1, 0.15) is 63.6 Å². The molecule has 0 radical (unpaired) electrons. The van der Waals surface area contributed by atoms with Gasteiger partial charge in [-0.3, -0.25) is 19.1 Å². The number of H-pyrrole nitrogens is 1. The zero-order valence-corrected chi connectivity index (χ0v) is 25.1. The standard InChI is InChI=1S/C30H43N7O5/c1-5-7-15-42-29-33-27(31)26-28(34-29)37(30(40)32-26)23-18-35(14-12-20(23)3)19-24(38)36(13-6-2)17-22-10-8-21(9-11-22)16-25(39)41-4/h8-11,20,23H,5-7,12-19H2,1-4H3,(H,32,40)(H2,31,33,34). The van der Waals surface area contributed by atoms with Gasteiger partial charge in [-0.05, 0) is 42.9 Å². The summed E-state index contributed by atoms with van der Waals surface area (Å²) in [6.45, 7) is 9.36. The molecule has 2 atom stereocenters. The van der Waals surface area contributed by atoms with Crippen molar-refractivity contribution in [1.82, 2.24) is 29.3 Å². The number of aromatic nitrogens is 4. The third-order valence-electron chi connectivity index (χ3n) is 7.82. The van der Waals surface area contributed by atoms with E-state index < -0.39 is 0 Å². The van der Waals surface area contributed by atoms with Gasteiger partial charge in [0.2, 0.25) is 5.91 Å². The summed E-state index contributed by atoms with van der Waals surface area (Å²) < 4.78 is 12.1. The van der Waals surface area contributed by atoms with Gasteiger partial charge in [0.05, 0.1) is 32.7 Å². The number of rotatable bonds is 13. The molecule has 3 N–H and O–H groups in total. The highest BCUT2D eigenvalue weighted by Gasteiger charge is 2.32. The number of carbonyl (C=O) groups is 2.